The van der Waals surface area contributed by atoms with Gasteiger partial charge in [0.15, 0.2) is 0 Å². The van der Waals surface area contributed by atoms with Crippen LogP contribution in [0.3, 0.4) is 0 Å². The zero-order chi connectivity index (χ0) is 12.7. The first-order chi connectivity index (χ1) is 8.65. The third-order valence-corrected chi connectivity index (χ3v) is 3.94. The number of aromatic nitrogens is 2. The summed E-state index contributed by atoms with van der Waals surface area (Å²) in [5, 5.41) is 9.73. The lowest BCUT2D eigenvalue weighted by molar-refractivity contribution is 0.0282. The van der Waals surface area contributed by atoms with E-state index in [2.05, 4.69) is 9.97 Å². The summed E-state index contributed by atoms with van der Waals surface area (Å²) < 4.78 is 0. The van der Waals surface area contributed by atoms with Gasteiger partial charge in [0.2, 0.25) is 0 Å². The van der Waals surface area contributed by atoms with Crippen LogP contribution in [0.2, 0.25) is 0 Å². The molecule has 3 rings (SSSR count). The fraction of sp³-hybridized carbons (Fsp3) is 0.615. The number of aliphatic hydroxyl groups is 1. The maximum absolute atomic E-state index is 12.4. The van der Waals surface area contributed by atoms with Gasteiger partial charge in [0.1, 0.15) is 5.69 Å². The Morgan fingerprint density at radius 3 is 2.50 bits per heavy atom. The summed E-state index contributed by atoms with van der Waals surface area (Å²) >= 11 is 0. The molecule has 0 spiro atoms. The highest BCUT2D eigenvalue weighted by Gasteiger charge is 2.43. The normalized spacial score (nSPS) is 30.6. The minimum Gasteiger partial charge on any atom is -0.393 e. The van der Waals surface area contributed by atoms with Crippen LogP contribution in [0.15, 0.2) is 12.4 Å². The summed E-state index contributed by atoms with van der Waals surface area (Å²) in [6.45, 7) is 1.85. The number of piperidine rings is 1. The van der Waals surface area contributed by atoms with Crippen LogP contribution in [0.25, 0.3) is 0 Å². The van der Waals surface area contributed by atoms with E-state index >= 15 is 0 Å². The first-order valence-electron chi connectivity index (χ1n) is 6.44. The molecule has 0 radical (unpaired) electrons. The number of aliphatic hydroxyl groups excluding tert-OH is 1. The number of rotatable bonds is 1. The van der Waals surface area contributed by atoms with Crippen molar-refractivity contribution in [2.75, 3.05) is 0 Å². The first-order valence-corrected chi connectivity index (χ1v) is 6.44. The van der Waals surface area contributed by atoms with Gasteiger partial charge in [-0.25, -0.2) is 4.98 Å². The van der Waals surface area contributed by atoms with Crippen molar-refractivity contribution in [1.29, 1.82) is 0 Å². The average molecular weight is 247 g/mol. The Bertz CT molecular complexity index is 446. The molecule has 1 amide bonds. The average Bonchev–Trinajstić information content (AvgIpc) is 2.62. The van der Waals surface area contributed by atoms with E-state index in [1.165, 1.54) is 0 Å². The summed E-state index contributed by atoms with van der Waals surface area (Å²) in [6.07, 6.45) is 6.29. The second-order valence-corrected chi connectivity index (χ2v) is 5.27. The highest BCUT2D eigenvalue weighted by Crippen LogP contribution is 2.36. The van der Waals surface area contributed by atoms with Gasteiger partial charge in [-0.1, -0.05) is 0 Å². The maximum atomic E-state index is 12.4. The van der Waals surface area contributed by atoms with E-state index < -0.39 is 0 Å². The molecule has 0 aromatic carbocycles. The number of carbonyl (C=O) groups excluding carboxylic acids is 1. The van der Waals surface area contributed by atoms with Crippen LogP contribution in [0, 0.1) is 6.92 Å². The summed E-state index contributed by atoms with van der Waals surface area (Å²) in [4.78, 5) is 22.6. The second-order valence-electron chi connectivity index (χ2n) is 5.27. The van der Waals surface area contributed by atoms with E-state index in [4.69, 9.17) is 0 Å². The second kappa shape index (κ2) is 4.31. The van der Waals surface area contributed by atoms with E-state index in [9.17, 15) is 9.90 Å². The van der Waals surface area contributed by atoms with E-state index in [1.54, 1.807) is 12.4 Å². The Hall–Kier alpha value is -1.49. The molecule has 2 atom stereocenters. The molecule has 1 aromatic heterocycles. The highest BCUT2D eigenvalue weighted by atomic mass is 16.3. The van der Waals surface area contributed by atoms with Gasteiger partial charge in [-0.15, -0.1) is 0 Å². The Labute approximate surface area is 106 Å². The lowest BCUT2D eigenvalue weighted by Crippen LogP contribution is -2.48. The highest BCUT2D eigenvalue weighted by molar-refractivity contribution is 5.92. The number of aryl methyl sites for hydroxylation is 1. The molecule has 96 valence electrons. The molecule has 0 saturated carbocycles. The predicted molar refractivity (Wildman–Crippen MR) is 65.0 cm³/mol. The fourth-order valence-electron chi connectivity index (χ4n) is 3.12. The number of hydrogen-bond donors (Lipinski definition) is 1. The van der Waals surface area contributed by atoms with Crippen molar-refractivity contribution in [2.24, 2.45) is 0 Å². The third kappa shape index (κ3) is 1.88. The molecule has 2 aliphatic heterocycles. The number of nitrogens with zero attached hydrogens (tertiary/aromatic N) is 3. The van der Waals surface area contributed by atoms with Crippen LogP contribution < -0.4 is 0 Å². The Balaban J connectivity index is 1.83. The van der Waals surface area contributed by atoms with Gasteiger partial charge in [-0.3, -0.25) is 9.78 Å². The van der Waals surface area contributed by atoms with Crippen LogP contribution >= 0.6 is 0 Å². The van der Waals surface area contributed by atoms with Gasteiger partial charge in [0.05, 0.1) is 18.0 Å². The lowest BCUT2D eigenvalue weighted by atomic mass is 9.99. The largest absolute Gasteiger partial charge is 0.393 e. The van der Waals surface area contributed by atoms with Crippen LogP contribution in [-0.4, -0.2) is 44.1 Å². The van der Waals surface area contributed by atoms with E-state index in [1.807, 2.05) is 11.8 Å². The summed E-state index contributed by atoms with van der Waals surface area (Å²) in [5.74, 6) is -0.0399. The SMILES string of the molecule is Cc1cnc(C(=O)N2C3CCC2CC(O)C3)cn1. The molecule has 2 unspecified atom stereocenters. The van der Waals surface area contributed by atoms with Crippen molar-refractivity contribution in [3.8, 4) is 0 Å². The van der Waals surface area contributed by atoms with Gasteiger partial charge < -0.3 is 10.0 Å². The van der Waals surface area contributed by atoms with Gasteiger partial charge >= 0.3 is 0 Å². The van der Waals surface area contributed by atoms with E-state index in [0.29, 0.717) is 18.5 Å². The van der Waals surface area contributed by atoms with Crippen molar-refractivity contribution in [2.45, 2.75) is 50.8 Å². The summed E-state index contributed by atoms with van der Waals surface area (Å²) in [5.41, 5.74) is 1.22. The Kier molecular flexibility index (Phi) is 2.78. The van der Waals surface area contributed by atoms with Gasteiger partial charge in [0, 0.05) is 18.3 Å². The number of amides is 1. The first kappa shape index (κ1) is 11.6. The molecule has 2 saturated heterocycles. The molecule has 2 bridgehead atoms. The smallest absolute Gasteiger partial charge is 0.274 e. The molecular weight excluding hydrogens is 230 g/mol. The minimum absolute atomic E-state index is 0.0399. The molecule has 3 heterocycles. The molecule has 2 aliphatic rings. The zero-order valence-electron chi connectivity index (χ0n) is 10.4. The topological polar surface area (TPSA) is 66.3 Å². The van der Waals surface area contributed by atoms with Crippen LogP contribution in [-0.2, 0) is 0 Å². The quantitative estimate of drug-likeness (QED) is 0.801. The van der Waals surface area contributed by atoms with Gasteiger partial charge in [0.25, 0.3) is 5.91 Å². The van der Waals surface area contributed by atoms with E-state index in [-0.39, 0.29) is 24.1 Å². The predicted octanol–water partition coefficient (Wildman–Crippen LogP) is 0.913. The molecular formula is C13H17N3O2. The van der Waals surface area contributed by atoms with Crippen molar-refractivity contribution >= 4 is 5.91 Å². The van der Waals surface area contributed by atoms with Crippen LogP contribution in [0.5, 0.6) is 0 Å². The molecule has 5 nitrogen and oxygen atoms in total. The Morgan fingerprint density at radius 2 is 1.94 bits per heavy atom. The molecule has 18 heavy (non-hydrogen) atoms. The van der Waals surface area contributed by atoms with Crippen molar-refractivity contribution in [3.05, 3.63) is 23.8 Å². The molecule has 2 fully saturated rings. The lowest BCUT2D eigenvalue weighted by Gasteiger charge is -2.36. The molecule has 1 N–H and O–H groups in total. The van der Waals surface area contributed by atoms with E-state index in [0.717, 1.165) is 18.5 Å². The van der Waals surface area contributed by atoms with Crippen molar-refractivity contribution in [1.82, 2.24) is 14.9 Å². The zero-order valence-corrected chi connectivity index (χ0v) is 10.4. The summed E-state index contributed by atoms with van der Waals surface area (Å²) in [6, 6.07) is 0.351. The van der Waals surface area contributed by atoms with Gasteiger partial charge in [-0.2, -0.15) is 0 Å². The molecule has 1 aromatic rings. The summed E-state index contributed by atoms with van der Waals surface area (Å²) in [7, 11) is 0. The number of fused-ring (bicyclic) bond motifs is 2. The third-order valence-electron chi connectivity index (χ3n) is 3.94. The standard InChI is InChI=1S/C13H17N3O2/c1-8-6-15-12(7-14-8)13(18)16-9-2-3-10(16)5-11(17)4-9/h6-7,9-11,17H,2-5H2,1H3. The molecule has 5 heteroatoms. The maximum Gasteiger partial charge on any atom is 0.274 e. The number of carbonyl (C=O) groups is 1. The monoisotopic (exact) mass is 247 g/mol. The molecule has 0 aliphatic carbocycles. The fourth-order valence-corrected chi connectivity index (χ4v) is 3.12. The number of hydrogen-bond acceptors (Lipinski definition) is 4. The van der Waals surface area contributed by atoms with Gasteiger partial charge in [-0.05, 0) is 32.6 Å². The van der Waals surface area contributed by atoms with Crippen molar-refractivity contribution < 1.29 is 9.90 Å². The van der Waals surface area contributed by atoms with Crippen molar-refractivity contribution in [3.63, 3.8) is 0 Å². The van der Waals surface area contributed by atoms with Crippen LogP contribution in [0.4, 0.5) is 0 Å². The Morgan fingerprint density at radius 1 is 1.28 bits per heavy atom. The minimum atomic E-state index is -0.254. The van der Waals surface area contributed by atoms with Crippen LogP contribution in [0.1, 0.15) is 41.9 Å².